The third-order valence-corrected chi connectivity index (χ3v) is 5.18. The van der Waals surface area contributed by atoms with E-state index in [9.17, 15) is 27.6 Å². The van der Waals surface area contributed by atoms with Crippen LogP contribution in [0, 0.1) is 19.8 Å². The summed E-state index contributed by atoms with van der Waals surface area (Å²) in [6.45, 7) is 4.12. The molecule has 33 heavy (non-hydrogen) atoms. The van der Waals surface area contributed by atoms with Gasteiger partial charge in [-0.15, -0.1) is 0 Å². The Labute approximate surface area is 189 Å². The van der Waals surface area contributed by atoms with E-state index in [1.807, 2.05) is 32.0 Å². The average molecular weight is 464 g/mol. The largest absolute Gasteiger partial charge is 0.418 e. The number of amides is 2. The van der Waals surface area contributed by atoms with Crippen LogP contribution in [0.2, 0.25) is 0 Å². The number of anilines is 1. The van der Waals surface area contributed by atoms with Gasteiger partial charge in [0.15, 0.2) is 5.78 Å². The summed E-state index contributed by atoms with van der Waals surface area (Å²) in [5, 5.41) is 5.35. The van der Waals surface area contributed by atoms with E-state index >= 15 is 0 Å². The molecule has 178 valence electrons. The van der Waals surface area contributed by atoms with E-state index in [0.717, 1.165) is 34.9 Å². The molecule has 0 aliphatic rings. The molecule has 0 aliphatic heterocycles. The second-order valence-electron chi connectivity index (χ2n) is 7.85. The van der Waals surface area contributed by atoms with Crippen LogP contribution in [0.1, 0.15) is 39.0 Å². The molecule has 0 bridgehead atoms. The van der Waals surface area contributed by atoms with Crippen LogP contribution in [0.15, 0.2) is 36.4 Å². The number of carbonyl (C=O) groups excluding carboxylic acids is 3. The van der Waals surface area contributed by atoms with Crippen molar-refractivity contribution >= 4 is 23.3 Å². The topological polar surface area (TPSA) is 127 Å². The second kappa shape index (κ2) is 11.0. The van der Waals surface area contributed by atoms with E-state index in [2.05, 4.69) is 10.6 Å². The van der Waals surface area contributed by atoms with Gasteiger partial charge in [-0.1, -0.05) is 29.8 Å². The van der Waals surface area contributed by atoms with Crippen molar-refractivity contribution in [3.05, 3.63) is 64.2 Å². The number of aryl methyl sites for hydroxylation is 2. The summed E-state index contributed by atoms with van der Waals surface area (Å²) in [6.07, 6.45) is -4.94. The van der Waals surface area contributed by atoms with Crippen LogP contribution < -0.4 is 22.1 Å². The molecule has 2 aromatic rings. The van der Waals surface area contributed by atoms with Crippen molar-refractivity contribution in [2.24, 2.45) is 11.7 Å². The number of ketones is 1. The first-order chi connectivity index (χ1) is 15.4. The van der Waals surface area contributed by atoms with Gasteiger partial charge < -0.3 is 22.1 Å². The first-order valence-corrected chi connectivity index (χ1v) is 10.2. The first kappa shape index (κ1) is 25.9. The number of nitrogens with one attached hydrogen (secondary N) is 2. The molecule has 0 saturated heterocycles. The van der Waals surface area contributed by atoms with Crippen molar-refractivity contribution < 1.29 is 27.6 Å². The molecule has 1 atom stereocenters. The van der Waals surface area contributed by atoms with Gasteiger partial charge >= 0.3 is 6.18 Å². The summed E-state index contributed by atoms with van der Waals surface area (Å²) in [7, 11) is 0. The molecule has 0 fully saturated rings. The molecule has 0 aromatic heterocycles. The van der Waals surface area contributed by atoms with E-state index in [1.165, 1.54) is 0 Å². The lowest BCUT2D eigenvalue weighted by Gasteiger charge is -2.16. The molecule has 2 amide bonds. The van der Waals surface area contributed by atoms with Gasteiger partial charge in [-0.3, -0.25) is 14.4 Å². The number of benzene rings is 2. The first-order valence-electron chi connectivity index (χ1n) is 10.2. The Bertz CT molecular complexity index is 1040. The SMILES string of the molecule is Cc1ccc(CNC[C@H](CC(=O)CNC(=O)c2cccc(C(F)(F)F)c2N)C(N)=O)c(C)c1. The lowest BCUT2D eigenvalue weighted by atomic mass is 10.0. The molecular weight excluding hydrogens is 437 g/mol. The van der Waals surface area contributed by atoms with Crippen molar-refractivity contribution in [3.8, 4) is 0 Å². The van der Waals surface area contributed by atoms with Crippen LogP contribution in [0.3, 0.4) is 0 Å². The molecule has 6 N–H and O–H groups in total. The highest BCUT2D eigenvalue weighted by atomic mass is 19.4. The zero-order valence-corrected chi connectivity index (χ0v) is 18.4. The molecule has 0 spiro atoms. The molecule has 0 radical (unpaired) electrons. The maximum atomic E-state index is 13.0. The lowest BCUT2D eigenvalue weighted by molar-refractivity contribution is -0.137. The number of para-hydroxylation sites is 1. The Hall–Kier alpha value is -3.40. The third-order valence-electron chi connectivity index (χ3n) is 5.18. The van der Waals surface area contributed by atoms with Crippen LogP contribution >= 0.6 is 0 Å². The van der Waals surface area contributed by atoms with Gasteiger partial charge in [0.25, 0.3) is 5.91 Å². The van der Waals surface area contributed by atoms with Gasteiger partial charge in [-0.05, 0) is 37.1 Å². The molecule has 2 rings (SSSR count). The summed E-state index contributed by atoms with van der Waals surface area (Å²) in [6, 6.07) is 8.93. The fourth-order valence-electron chi connectivity index (χ4n) is 3.33. The van der Waals surface area contributed by atoms with Gasteiger partial charge in [0, 0.05) is 19.5 Å². The van der Waals surface area contributed by atoms with Crippen molar-refractivity contribution in [3.63, 3.8) is 0 Å². The smallest absolute Gasteiger partial charge is 0.398 e. The highest BCUT2D eigenvalue weighted by Gasteiger charge is 2.34. The number of hydrogen-bond donors (Lipinski definition) is 4. The van der Waals surface area contributed by atoms with Crippen LogP contribution in [-0.2, 0) is 22.3 Å². The summed E-state index contributed by atoms with van der Waals surface area (Å²) in [4.78, 5) is 36.3. The monoisotopic (exact) mass is 464 g/mol. The fourth-order valence-corrected chi connectivity index (χ4v) is 3.33. The predicted molar refractivity (Wildman–Crippen MR) is 118 cm³/mol. The summed E-state index contributed by atoms with van der Waals surface area (Å²) in [5.74, 6) is -2.90. The Morgan fingerprint density at radius 1 is 1.09 bits per heavy atom. The van der Waals surface area contributed by atoms with Gasteiger partial charge in [0.05, 0.1) is 29.3 Å². The number of nitrogens with two attached hydrogens (primary N) is 2. The molecule has 0 aliphatic carbocycles. The minimum atomic E-state index is -4.71. The molecular formula is C23H27F3N4O3. The fraction of sp³-hybridized carbons (Fsp3) is 0.348. The van der Waals surface area contributed by atoms with Crippen molar-refractivity contribution in [1.82, 2.24) is 10.6 Å². The van der Waals surface area contributed by atoms with Gasteiger partial charge in [0.2, 0.25) is 5.91 Å². The molecule has 0 saturated carbocycles. The molecule has 2 aromatic carbocycles. The van der Waals surface area contributed by atoms with Gasteiger partial charge in [0.1, 0.15) is 0 Å². The van der Waals surface area contributed by atoms with E-state index in [4.69, 9.17) is 11.5 Å². The number of hydrogen-bond acceptors (Lipinski definition) is 5. The number of halogens is 3. The maximum Gasteiger partial charge on any atom is 0.418 e. The zero-order valence-electron chi connectivity index (χ0n) is 18.4. The summed E-state index contributed by atoms with van der Waals surface area (Å²) in [5.41, 5.74) is 11.9. The number of Topliss-reactive ketones (excluding diaryl/α,β-unsaturated/α-hetero) is 1. The molecule has 0 heterocycles. The quantitative estimate of drug-likeness (QED) is 0.402. The Morgan fingerprint density at radius 2 is 1.79 bits per heavy atom. The van der Waals surface area contributed by atoms with Gasteiger partial charge in [-0.2, -0.15) is 13.2 Å². The standard InChI is InChI=1S/C23H27F3N4O3/c1-13-6-7-15(14(2)8-13)10-29-11-16(21(28)32)9-17(31)12-30-22(33)18-4-3-5-19(20(18)27)23(24,25)26/h3-8,16,29H,9-12,27H2,1-2H3,(H2,28,32)(H,30,33)/t16-/m0/s1. The highest BCUT2D eigenvalue weighted by molar-refractivity contribution is 6.01. The normalized spacial score (nSPS) is 12.3. The molecule has 0 unspecified atom stereocenters. The average Bonchev–Trinajstić information content (AvgIpc) is 2.72. The number of primary amides is 1. The van der Waals surface area contributed by atoms with Crippen LogP contribution in [-0.4, -0.2) is 30.7 Å². The minimum absolute atomic E-state index is 0.156. The van der Waals surface area contributed by atoms with Crippen LogP contribution in [0.25, 0.3) is 0 Å². The number of alkyl halides is 3. The van der Waals surface area contributed by atoms with Crippen molar-refractivity contribution in [2.45, 2.75) is 33.0 Å². The van der Waals surface area contributed by atoms with Crippen molar-refractivity contribution in [2.75, 3.05) is 18.8 Å². The van der Waals surface area contributed by atoms with E-state index in [-0.39, 0.29) is 18.5 Å². The lowest BCUT2D eigenvalue weighted by Crippen LogP contribution is -2.37. The minimum Gasteiger partial charge on any atom is -0.398 e. The zero-order chi connectivity index (χ0) is 24.8. The van der Waals surface area contributed by atoms with E-state index < -0.39 is 47.5 Å². The molecule has 7 nitrogen and oxygen atoms in total. The second-order valence-corrected chi connectivity index (χ2v) is 7.85. The number of carbonyl (C=O) groups is 3. The van der Waals surface area contributed by atoms with Crippen LogP contribution in [0.5, 0.6) is 0 Å². The molecule has 10 heteroatoms. The predicted octanol–water partition coefficient (Wildman–Crippen LogP) is 2.48. The maximum absolute atomic E-state index is 13.0. The number of rotatable bonds is 10. The Morgan fingerprint density at radius 3 is 2.39 bits per heavy atom. The Balaban J connectivity index is 1.91. The van der Waals surface area contributed by atoms with Crippen LogP contribution in [0.4, 0.5) is 18.9 Å². The number of nitrogen functional groups attached to an aromatic ring is 1. The van der Waals surface area contributed by atoms with E-state index in [0.29, 0.717) is 6.54 Å². The highest BCUT2D eigenvalue weighted by Crippen LogP contribution is 2.34. The third kappa shape index (κ3) is 7.31. The summed E-state index contributed by atoms with van der Waals surface area (Å²) >= 11 is 0. The summed E-state index contributed by atoms with van der Waals surface area (Å²) < 4.78 is 38.9. The van der Waals surface area contributed by atoms with Crippen molar-refractivity contribution in [1.29, 1.82) is 0 Å². The van der Waals surface area contributed by atoms with E-state index in [1.54, 1.807) is 0 Å². The van der Waals surface area contributed by atoms with Gasteiger partial charge in [-0.25, -0.2) is 0 Å². The Kier molecular flexibility index (Phi) is 8.58.